The van der Waals surface area contributed by atoms with Crippen molar-refractivity contribution in [2.24, 2.45) is 0 Å². The molecule has 2 aromatic carbocycles. The average molecular weight is 474 g/mol. The van der Waals surface area contributed by atoms with E-state index in [-0.39, 0.29) is 22.8 Å². The molecule has 128 valence electrons. The second-order valence-electron chi connectivity index (χ2n) is 5.48. The first-order valence-electron chi connectivity index (χ1n) is 7.51. The van der Waals surface area contributed by atoms with Crippen LogP contribution in [-0.4, -0.2) is 30.4 Å². The lowest BCUT2D eigenvalue weighted by Gasteiger charge is -2.11. The maximum atomic E-state index is 10.0. The first kappa shape index (κ1) is 16.9. The number of aromatic hydroxyl groups is 2. The summed E-state index contributed by atoms with van der Waals surface area (Å²) >= 11 is 6.84. The van der Waals surface area contributed by atoms with Crippen LogP contribution in [0.25, 0.3) is 33.5 Å². The minimum Gasteiger partial charge on any atom is -0.491 e. The fourth-order valence-corrected chi connectivity index (χ4v) is 3.08. The fourth-order valence-electron chi connectivity index (χ4n) is 2.55. The number of hydrogen-bond donors (Lipinski definition) is 2. The number of benzene rings is 2. The van der Waals surface area contributed by atoms with Gasteiger partial charge in [-0.1, -0.05) is 56.1 Å². The summed E-state index contributed by atoms with van der Waals surface area (Å²) in [5, 5.41) is 27.0. The molecule has 0 aliphatic rings. The molecular weight excluding hydrogens is 464 g/mol. The maximum Gasteiger partial charge on any atom is 0.259 e. The summed E-state index contributed by atoms with van der Waals surface area (Å²) in [6.45, 7) is 0. The van der Waals surface area contributed by atoms with E-state index in [4.69, 9.17) is 0 Å². The van der Waals surface area contributed by atoms with Crippen molar-refractivity contribution in [3.8, 4) is 34.3 Å². The standard InChI is InChI=1S/C18H10Br2N4O2/c19-11-5-1-9(2-6-11)13-14(10-3-7-12(20)8-4-10)22-16-15(21-13)17(25)23-24-18(16)26/h1-8H,(H,23,25)(H,24,26). The molecule has 2 heterocycles. The van der Waals surface area contributed by atoms with E-state index in [0.717, 1.165) is 20.1 Å². The number of rotatable bonds is 2. The zero-order chi connectivity index (χ0) is 18.3. The van der Waals surface area contributed by atoms with E-state index in [0.29, 0.717) is 11.4 Å². The van der Waals surface area contributed by atoms with E-state index in [1.807, 2.05) is 48.5 Å². The van der Waals surface area contributed by atoms with Gasteiger partial charge < -0.3 is 10.2 Å². The highest BCUT2D eigenvalue weighted by Crippen LogP contribution is 2.35. The molecular formula is C18H10Br2N4O2. The lowest BCUT2D eigenvalue weighted by atomic mass is 10.0. The third-order valence-electron chi connectivity index (χ3n) is 3.79. The maximum absolute atomic E-state index is 10.0. The Morgan fingerprint density at radius 2 is 0.923 bits per heavy atom. The minimum absolute atomic E-state index is 0.0938. The molecule has 0 saturated heterocycles. The van der Waals surface area contributed by atoms with E-state index in [2.05, 4.69) is 52.0 Å². The minimum atomic E-state index is -0.383. The molecule has 0 unspecified atom stereocenters. The van der Waals surface area contributed by atoms with Crippen LogP contribution in [0.15, 0.2) is 57.5 Å². The first-order valence-corrected chi connectivity index (χ1v) is 9.10. The Morgan fingerprint density at radius 3 is 1.27 bits per heavy atom. The SMILES string of the molecule is Oc1nnc(O)c2nc(-c3ccc(Br)cc3)c(-c3ccc(Br)cc3)nc12. The predicted octanol–water partition coefficient (Wildman–Crippen LogP) is 4.69. The Bertz CT molecular complexity index is 1030. The van der Waals surface area contributed by atoms with Crippen molar-refractivity contribution in [3.63, 3.8) is 0 Å². The molecule has 8 heteroatoms. The fraction of sp³-hybridized carbons (Fsp3) is 0. The van der Waals surface area contributed by atoms with Gasteiger partial charge in [-0.3, -0.25) is 0 Å². The van der Waals surface area contributed by atoms with Crippen LogP contribution in [0, 0.1) is 0 Å². The molecule has 0 spiro atoms. The topological polar surface area (TPSA) is 92.0 Å². The molecule has 0 amide bonds. The van der Waals surface area contributed by atoms with Crippen LogP contribution < -0.4 is 0 Å². The highest BCUT2D eigenvalue weighted by molar-refractivity contribution is 9.10. The monoisotopic (exact) mass is 472 g/mol. The Hall–Kier alpha value is -2.58. The van der Waals surface area contributed by atoms with Gasteiger partial charge in [0.05, 0.1) is 11.4 Å². The van der Waals surface area contributed by atoms with Crippen LogP contribution in [0.1, 0.15) is 0 Å². The second-order valence-corrected chi connectivity index (χ2v) is 7.31. The Balaban J connectivity index is 2.06. The summed E-state index contributed by atoms with van der Waals surface area (Å²) < 4.78 is 1.87. The first-order chi connectivity index (χ1) is 12.5. The molecule has 26 heavy (non-hydrogen) atoms. The van der Waals surface area contributed by atoms with Crippen LogP contribution in [0.4, 0.5) is 0 Å². The van der Waals surface area contributed by atoms with Gasteiger partial charge in [0.2, 0.25) is 0 Å². The van der Waals surface area contributed by atoms with Gasteiger partial charge in [-0.05, 0) is 24.3 Å². The highest BCUT2D eigenvalue weighted by atomic mass is 79.9. The summed E-state index contributed by atoms with van der Waals surface area (Å²) in [5.41, 5.74) is 2.95. The van der Waals surface area contributed by atoms with Crippen molar-refractivity contribution < 1.29 is 10.2 Å². The van der Waals surface area contributed by atoms with Crippen molar-refractivity contribution in [2.75, 3.05) is 0 Å². The second kappa shape index (κ2) is 6.62. The smallest absolute Gasteiger partial charge is 0.259 e. The van der Waals surface area contributed by atoms with Gasteiger partial charge >= 0.3 is 0 Å². The molecule has 0 bridgehead atoms. The number of nitrogens with zero attached hydrogens (tertiary/aromatic N) is 4. The van der Waals surface area contributed by atoms with Crippen LogP contribution >= 0.6 is 31.9 Å². The third-order valence-corrected chi connectivity index (χ3v) is 4.85. The van der Waals surface area contributed by atoms with Crippen LogP contribution in [0.3, 0.4) is 0 Å². The molecule has 0 aliphatic heterocycles. The van der Waals surface area contributed by atoms with Gasteiger partial charge in [-0.25, -0.2) is 9.97 Å². The zero-order valence-electron chi connectivity index (χ0n) is 13.1. The third kappa shape index (κ3) is 3.02. The van der Waals surface area contributed by atoms with Crippen LogP contribution in [-0.2, 0) is 0 Å². The molecule has 2 N–H and O–H groups in total. The summed E-state index contributed by atoms with van der Waals surface area (Å²) in [5.74, 6) is -0.767. The van der Waals surface area contributed by atoms with Crippen molar-refractivity contribution in [1.82, 2.24) is 20.2 Å². The van der Waals surface area contributed by atoms with Crippen molar-refractivity contribution in [1.29, 1.82) is 0 Å². The van der Waals surface area contributed by atoms with Crippen molar-refractivity contribution in [3.05, 3.63) is 57.5 Å². The lowest BCUT2D eigenvalue weighted by Crippen LogP contribution is -1.98. The van der Waals surface area contributed by atoms with Gasteiger partial charge in [0.1, 0.15) is 0 Å². The molecule has 2 aromatic heterocycles. The molecule has 0 atom stereocenters. The van der Waals surface area contributed by atoms with Crippen LogP contribution in [0.2, 0.25) is 0 Å². The van der Waals surface area contributed by atoms with Crippen molar-refractivity contribution >= 4 is 42.9 Å². The van der Waals surface area contributed by atoms with E-state index in [9.17, 15) is 10.2 Å². The molecule has 4 rings (SSSR count). The number of halogens is 2. The van der Waals surface area contributed by atoms with E-state index < -0.39 is 0 Å². The molecule has 4 aromatic rings. The predicted molar refractivity (Wildman–Crippen MR) is 105 cm³/mol. The van der Waals surface area contributed by atoms with Gasteiger partial charge in [0.15, 0.2) is 11.0 Å². The zero-order valence-corrected chi connectivity index (χ0v) is 16.2. The van der Waals surface area contributed by atoms with E-state index in [1.54, 1.807) is 0 Å². The van der Waals surface area contributed by atoms with Gasteiger partial charge in [-0.15, -0.1) is 10.2 Å². The summed E-state index contributed by atoms with van der Waals surface area (Å²) in [4.78, 5) is 9.06. The van der Waals surface area contributed by atoms with Crippen LogP contribution in [0.5, 0.6) is 11.8 Å². The number of fused-ring (bicyclic) bond motifs is 1. The Labute approximate surface area is 164 Å². The average Bonchev–Trinajstić information content (AvgIpc) is 2.65. The summed E-state index contributed by atoms with van der Waals surface area (Å²) in [6.07, 6.45) is 0. The molecule has 6 nitrogen and oxygen atoms in total. The molecule has 0 radical (unpaired) electrons. The summed E-state index contributed by atoms with van der Waals surface area (Å²) in [6, 6.07) is 15.2. The Kier molecular flexibility index (Phi) is 4.29. The molecule has 0 aliphatic carbocycles. The van der Waals surface area contributed by atoms with E-state index in [1.165, 1.54) is 0 Å². The van der Waals surface area contributed by atoms with Crippen molar-refractivity contribution in [2.45, 2.75) is 0 Å². The quantitative estimate of drug-likeness (QED) is 0.438. The van der Waals surface area contributed by atoms with E-state index >= 15 is 0 Å². The highest BCUT2D eigenvalue weighted by Gasteiger charge is 2.18. The van der Waals surface area contributed by atoms with Gasteiger partial charge in [0.25, 0.3) is 11.8 Å². The Morgan fingerprint density at radius 1 is 0.577 bits per heavy atom. The van der Waals surface area contributed by atoms with Gasteiger partial charge in [0, 0.05) is 20.1 Å². The number of aromatic nitrogens is 4. The lowest BCUT2D eigenvalue weighted by molar-refractivity contribution is 0.422. The molecule has 0 saturated carbocycles. The molecule has 0 fully saturated rings. The largest absolute Gasteiger partial charge is 0.491 e. The number of hydrogen-bond acceptors (Lipinski definition) is 6. The summed E-state index contributed by atoms with van der Waals surface area (Å²) in [7, 11) is 0. The van der Waals surface area contributed by atoms with Gasteiger partial charge in [-0.2, -0.15) is 0 Å². The normalized spacial score (nSPS) is 11.0.